The van der Waals surface area contributed by atoms with E-state index in [2.05, 4.69) is 0 Å². The summed E-state index contributed by atoms with van der Waals surface area (Å²) in [4.78, 5) is 70.0. The first-order valence-electron chi connectivity index (χ1n) is 14.4. The summed E-state index contributed by atoms with van der Waals surface area (Å²) in [6, 6.07) is 12.4. The van der Waals surface area contributed by atoms with Crippen molar-refractivity contribution in [2.24, 2.45) is 29.1 Å². The number of fused-ring (bicyclic) bond motifs is 4. The van der Waals surface area contributed by atoms with Gasteiger partial charge in [-0.15, -0.1) is 0 Å². The Bertz CT molecular complexity index is 1870. The van der Waals surface area contributed by atoms with Crippen LogP contribution in [0.3, 0.4) is 0 Å². The van der Waals surface area contributed by atoms with Crippen LogP contribution < -0.4 is 9.80 Å². The van der Waals surface area contributed by atoms with Crippen molar-refractivity contribution in [3.8, 4) is 0 Å². The third-order valence-electron chi connectivity index (χ3n) is 9.91. The molecule has 1 saturated carbocycles. The first-order valence-corrected chi connectivity index (χ1v) is 14.8. The molecule has 2 N–H and O–H groups in total. The zero-order chi connectivity index (χ0) is 31.9. The van der Waals surface area contributed by atoms with E-state index in [0.717, 1.165) is 15.9 Å². The first-order chi connectivity index (χ1) is 21.5. The Morgan fingerprint density at radius 1 is 1.00 bits per heavy atom. The molecule has 6 atom stereocenters. The second-order valence-corrected chi connectivity index (χ2v) is 12.5. The summed E-state index contributed by atoms with van der Waals surface area (Å²) in [6.45, 7) is 1.27. The Morgan fingerprint density at radius 2 is 1.76 bits per heavy atom. The van der Waals surface area contributed by atoms with Gasteiger partial charge in [-0.25, -0.2) is 14.1 Å². The fraction of sp³-hybridized carbons (Fsp3) is 0.303. The van der Waals surface area contributed by atoms with Crippen LogP contribution in [-0.2, 0) is 25.8 Å². The lowest BCUT2D eigenvalue weighted by Crippen LogP contribution is -2.48. The average Bonchev–Trinajstić information content (AvgIpc) is 3.65. The number of carbonyl (C=O) groups excluding carboxylic acids is 4. The Kier molecular flexibility index (Phi) is 6.61. The standard InChI is InChI=1S/C33H26ClFN2O8/c1-33-22(29(40)37(32(33)44)17-5-9-24(35)23(34)12-17)13-21-19(27(33)25-10-6-18(14-38)45-25)7-8-20-26(21)30(41)36(28(20)39)16-4-2-3-15(11-16)31(42)43/h2-7,9-12,20-22,26-27,38H,8,13-14H2,1H3,(H,42,43). The molecule has 7 rings (SSSR count). The molecule has 1 aromatic heterocycles. The highest BCUT2D eigenvalue weighted by atomic mass is 35.5. The van der Waals surface area contributed by atoms with Crippen LogP contribution in [-0.4, -0.2) is 39.8 Å². The lowest BCUT2D eigenvalue weighted by molar-refractivity contribution is -0.131. The van der Waals surface area contributed by atoms with E-state index in [0.29, 0.717) is 11.3 Å². The highest BCUT2D eigenvalue weighted by Gasteiger charge is 2.68. The number of rotatable bonds is 5. The van der Waals surface area contributed by atoms with Crippen LogP contribution in [0.2, 0.25) is 5.02 Å². The molecule has 2 saturated heterocycles. The number of carboxylic acid groups (broad SMARTS) is 1. The zero-order valence-electron chi connectivity index (χ0n) is 23.8. The van der Waals surface area contributed by atoms with E-state index in [-0.39, 0.29) is 40.6 Å². The molecule has 6 unspecified atom stereocenters. The first kappa shape index (κ1) is 29.1. The molecule has 0 bridgehead atoms. The number of aliphatic hydroxyl groups excluding tert-OH is 1. The maximum atomic E-state index is 14.3. The molecular formula is C33H26ClFN2O8. The van der Waals surface area contributed by atoms with Crippen LogP contribution in [0.25, 0.3) is 0 Å². The molecule has 2 aliphatic carbocycles. The number of carbonyl (C=O) groups is 5. The molecule has 3 aromatic rings. The second-order valence-electron chi connectivity index (χ2n) is 12.1. The van der Waals surface area contributed by atoms with Crippen LogP contribution in [0.4, 0.5) is 15.8 Å². The predicted molar refractivity (Wildman–Crippen MR) is 157 cm³/mol. The predicted octanol–water partition coefficient (Wildman–Crippen LogP) is 4.70. The fourth-order valence-electron chi connectivity index (χ4n) is 7.85. The van der Waals surface area contributed by atoms with Gasteiger partial charge in [0, 0.05) is 0 Å². The van der Waals surface area contributed by atoms with Crippen molar-refractivity contribution >= 4 is 52.6 Å². The highest BCUT2D eigenvalue weighted by Crippen LogP contribution is 2.63. The van der Waals surface area contributed by atoms with Gasteiger partial charge in [0.05, 0.1) is 51.0 Å². The van der Waals surface area contributed by atoms with Gasteiger partial charge in [-0.3, -0.25) is 24.1 Å². The van der Waals surface area contributed by atoms with Gasteiger partial charge in [0.15, 0.2) is 0 Å². The Labute approximate surface area is 260 Å². The molecule has 10 nitrogen and oxygen atoms in total. The molecule has 2 aromatic carbocycles. The molecule has 4 amide bonds. The van der Waals surface area contributed by atoms with Crippen molar-refractivity contribution in [1.29, 1.82) is 0 Å². The summed E-state index contributed by atoms with van der Waals surface area (Å²) < 4.78 is 20.0. The van der Waals surface area contributed by atoms with Crippen LogP contribution in [0.5, 0.6) is 0 Å². The molecule has 230 valence electrons. The SMILES string of the molecule is CC12C(=O)N(c3ccc(F)c(Cl)c3)C(=O)C1CC1C(=CCC3C(=O)N(c4cccc(C(=O)O)c4)C(=O)C31)C2c1ccc(CO)o1. The number of furan rings is 1. The minimum absolute atomic E-state index is 0.0750. The number of amides is 4. The number of carboxylic acids is 1. The van der Waals surface area contributed by atoms with Crippen molar-refractivity contribution in [2.45, 2.75) is 32.3 Å². The quantitative estimate of drug-likeness (QED) is 0.304. The van der Waals surface area contributed by atoms with E-state index < -0.39 is 77.0 Å². The van der Waals surface area contributed by atoms with Gasteiger partial charge in [0.25, 0.3) is 0 Å². The highest BCUT2D eigenvalue weighted by molar-refractivity contribution is 6.32. The minimum Gasteiger partial charge on any atom is -0.478 e. The fourth-order valence-corrected chi connectivity index (χ4v) is 8.03. The monoisotopic (exact) mass is 632 g/mol. The Balaban J connectivity index is 1.34. The number of halogens is 2. The summed E-state index contributed by atoms with van der Waals surface area (Å²) >= 11 is 6.02. The maximum absolute atomic E-state index is 14.3. The number of anilines is 2. The Hall–Kier alpha value is -4.61. The van der Waals surface area contributed by atoms with E-state index in [9.17, 15) is 38.6 Å². The van der Waals surface area contributed by atoms with Gasteiger partial charge in [-0.05, 0) is 74.2 Å². The van der Waals surface area contributed by atoms with E-state index in [1.165, 1.54) is 36.4 Å². The zero-order valence-corrected chi connectivity index (χ0v) is 24.5. The summed E-state index contributed by atoms with van der Waals surface area (Å²) in [5.41, 5.74) is -0.547. The van der Waals surface area contributed by atoms with Gasteiger partial charge >= 0.3 is 5.97 Å². The minimum atomic E-state index is -1.39. The van der Waals surface area contributed by atoms with Crippen LogP contribution in [0, 0.1) is 34.9 Å². The van der Waals surface area contributed by atoms with Crippen molar-refractivity contribution in [2.75, 3.05) is 9.80 Å². The van der Waals surface area contributed by atoms with Crippen LogP contribution >= 0.6 is 11.6 Å². The third-order valence-corrected chi connectivity index (χ3v) is 10.2. The number of hydrogen-bond donors (Lipinski definition) is 2. The number of imide groups is 2. The number of benzene rings is 2. The molecule has 2 aliphatic heterocycles. The van der Waals surface area contributed by atoms with Crippen molar-refractivity contribution in [3.05, 3.63) is 94.2 Å². The van der Waals surface area contributed by atoms with Crippen LogP contribution in [0.15, 0.2) is 70.7 Å². The second kappa shape index (κ2) is 10.2. The maximum Gasteiger partial charge on any atom is 0.335 e. The van der Waals surface area contributed by atoms with Crippen molar-refractivity contribution in [3.63, 3.8) is 0 Å². The average molecular weight is 633 g/mol. The smallest absolute Gasteiger partial charge is 0.335 e. The van der Waals surface area contributed by atoms with Gasteiger partial charge in [0.2, 0.25) is 23.6 Å². The molecule has 0 spiro atoms. The third kappa shape index (κ3) is 4.07. The Morgan fingerprint density at radius 3 is 2.44 bits per heavy atom. The molecule has 0 radical (unpaired) electrons. The van der Waals surface area contributed by atoms with E-state index in [1.807, 2.05) is 6.08 Å². The van der Waals surface area contributed by atoms with Crippen LogP contribution in [0.1, 0.15) is 47.6 Å². The van der Waals surface area contributed by atoms with Gasteiger partial charge in [0.1, 0.15) is 23.9 Å². The molecule has 4 aliphatic rings. The van der Waals surface area contributed by atoms with E-state index >= 15 is 0 Å². The largest absolute Gasteiger partial charge is 0.478 e. The van der Waals surface area contributed by atoms with Crippen molar-refractivity contribution in [1.82, 2.24) is 0 Å². The van der Waals surface area contributed by atoms with Gasteiger partial charge in [-0.1, -0.05) is 29.3 Å². The normalized spacial score (nSPS) is 29.1. The van der Waals surface area contributed by atoms with Gasteiger partial charge < -0.3 is 14.6 Å². The lowest BCUT2D eigenvalue weighted by Gasteiger charge is -2.48. The van der Waals surface area contributed by atoms with Crippen molar-refractivity contribution < 1.29 is 43.0 Å². The summed E-state index contributed by atoms with van der Waals surface area (Å²) in [5, 5.41) is 19.0. The number of aliphatic hydroxyl groups is 1. The lowest BCUT2D eigenvalue weighted by atomic mass is 9.52. The number of hydrogen-bond acceptors (Lipinski definition) is 7. The molecule has 45 heavy (non-hydrogen) atoms. The molecule has 12 heteroatoms. The molecule has 3 heterocycles. The summed E-state index contributed by atoms with van der Waals surface area (Å²) in [6.07, 6.45) is 2.10. The van der Waals surface area contributed by atoms with E-state index in [1.54, 1.807) is 19.1 Å². The molecular weight excluding hydrogens is 607 g/mol. The van der Waals surface area contributed by atoms with Gasteiger partial charge in [-0.2, -0.15) is 0 Å². The van der Waals surface area contributed by atoms with E-state index in [4.69, 9.17) is 16.0 Å². The summed E-state index contributed by atoms with van der Waals surface area (Å²) in [5.74, 6) is -7.46. The topological polar surface area (TPSA) is 145 Å². The number of aromatic carboxylic acids is 1. The summed E-state index contributed by atoms with van der Waals surface area (Å²) in [7, 11) is 0. The number of allylic oxidation sites excluding steroid dienone is 2. The molecule has 3 fully saturated rings. The number of nitrogens with zero attached hydrogens (tertiary/aromatic N) is 2.